The second kappa shape index (κ2) is 13.2. The minimum absolute atomic E-state index is 0.642. The topological polar surface area (TPSA) is 59.5 Å². The molecule has 1 aromatic carbocycles. The van der Waals surface area contributed by atoms with Crippen molar-refractivity contribution in [2.45, 2.75) is 53.9 Å². The average Bonchev–Trinajstić information content (AvgIpc) is 3.40. The molecule has 2 aromatic heterocycles. The maximum atomic E-state index is 5.02. The summed E-state index contributed by atoms with van der Waals surface area (Å²) in [6.07, 6.45) is 5.35. The average molecular weight is 441 g/mol. The SMILES string of the molecule is CC.CC[N+]1=C(CNCCc2ccccc2C)CCC1.Cc1cc2c(=S)nc[nH]c2[nH]1. The van der Waals surface area contributed by atoms with E-state index in [9.17, 15) is 0 Å². The third-order valence-corrected chi connectivity index (χ3v) is 5.78. The molecule has 0 aliphatic carbocycles. The van der Waals surface area contributed by atoms with E-state index in [1.165, 1.54) is 30.5 Å². The quantitative estimate of drug-likeness (QED) is 0.275. The highest BCUT2D eigenvalue weighted by Gasteiger charge is 2.19. The summed E-state index contributed by atoms with van der Waals surface area (Å²) in [5, 5.41) is 4.57. The maximum Gasteiger partial charge on any atom is 0.166 e. The summed E-state index contributed by atoms with van der Waals surface area (Å²) in [6.45, 7) is 15.0. The Hall–Kier alpha value is -2.31. The first-order chi connectivity index (χ1) is 15.1. The molecule has 0 saturated heterocycles. The van der Waals surface area contributed by atoms with Gasteiger partial charge in [-0.1, -0.05) is 50.3 Å². The van der Waals surface area contributed by atoms with Crippen molar-refractivity contribution in [3.8, 4) is 0 Å². The standard InChI is InChI=1S/C16H25N2.C7H7N3S.C2H6/c1-3-18-12-6-9-16(18)13-17-11-10-15-8-5-4-7-14(15)2;1-4-2-5-6(10-4)8-3-9-7(5)11;1-2/h4-5,7-8,17H,3,6,9-13H2,1-2H3;2-3H,1H3,(H2,8,9,10,11);1-2H3/q+1;;. The van der Waals surface area contributed by atoms with Gasteiger partial charge in [-0.05, 0) is 50.9 Å². The molecule has 1 aliphatic heterocycles. The molecule has 3 aromatic rings. The Morgan fingerprint density at radius 1 is 1.19 bits per heavy atom. The summed E-state index contributed by atoms with van der Waals surface area (Å²) in [6, 6.07) is 10.7. The highest BCUT2D eigenvalue weighted by atomic mass is 32.1. The van der Waals surface area contributed by atoms with Gasteiger partial charge in [0.05, 0.1) is 18.3 Å². The number of aryl methyl sites for hydroxylation is 2. The van der Waals surface area contributed by atoms with Crippen LogP contribution < -0.4 is 5.32 Å². The van der Waals surface area contributed by atoms with E-state index in [0.717, 1.165) is 42.8 Å². The fourth-order valence-corrected chi connectivity index (χ4v) is 4.03. The Morgan fingerprint density at radius 2 is 1.97 bits per heavy atom. The highest BCUT2D eigenvalue weighted by Crippen LogP contribution is 2.11. The van der Waals surface area contributed by atoms with Gasteiger partial charge in [-0.2, -0.15) is 0 Å². The van der Waals surface area contributed by atoms with Crippen molar-refractivity contribution >= 4 is 29.0 Å². The van der Waals surface area contributed by atoms with E-state index >= 15 is 0 Å². The molecule has 0 radical (unpaired) electrons. The van der Waals surface area contributed by atoms with Gasteiger partial charge in [0.25, 0.3) is 0 Å². The van der Waals surface area contributed by atoms with Gasteiger partial charge in [0.15, 0.2) is 5.71 Å². The normalized spacial score (nSPS) is 12.9. The first kappa shape index (κ1) is 25.0. The third-order valence-electron chi connectivity index (χ3n) is 5.46. The molecule has 1 aliphatic rings. The van der Waals surface area contributed by atoms with Gasteiger partial charge in [-0.3, -0.25) is 0 Å². The maximum absolute atomic E-state index is 5.02. The molecule has 0 amide bonds. The molecule has 168 valence electrons. The van der Waals surface area contributed by atoms with Crippen LogP contribution in [0.25, 0.3) is 11.0 Å². The van der Waals surface area contributed by atoms with Gasteiger partial charge in [-0.25, -0.2) is 9.56 Å². The second-order valence-corrected chi connectivity index (χ2v) is 7.94. The molecular weight excluding hydrogens is 402 g/mol. The van der Waals surface area contributed by atoms with Gasteiger partial charge >= 0.3 is 0 Å². The van der Waals surface area contributed by atoms with Crippen LogP contribution in [0.15, 0.2) is 36.7 Å². The van der Waals surface area contributed by atoms with Crippen LogP contribution in [-0.2, 0) is 6.42 Å². The van der Waals surface area contributed by atoms with Crippen LogP contribution in [0.2, 0.25) is 0 Å². The monoisotopic (exact) mass is 440 g/mol. The lowest BCUT2D eigenvalue weighted by Gasteiger charge is -2.06. The Bertz CT molecular complexity index is 1030. The summed E-state index contributed by atoms with van der Waals surface area (Å²) in [5.41, 5.74) is 6.51. The fourth-order valence-electron chi connectivity index (χ4n) is 3.82. The first-order valence-electron chi connectivity index (χ1n) is 11.5. The third kappa shape index (κ3) is 7.40. The Morgan fingerprint density at radius 3 is 2.68 bits per heavy atom. The molecule has 6 heteroatoms. The van der Waals surface area contributed by atoms with Crippen LogP contribution in [-0.4, -0.2) is 51.4 Å². The van der Waals surface area contributed by atoms with Crippen molar-refractivity contribution in [2.24, 2.45) is 0 Å². The zero-order valence-electron chi connectivity index (χ0n) is 19.7. The zero-order chi connectivity index (χ0) is 22.6. The van der Waals surface area contributed by atoms with Crippen molar-refractivity contribution in [1.82, 2.24) is 20.3 Å². The van der Waals surface area contributed by atoms with Crippen molar-refractivity contribution in [1.29, 1.82) is 0 Å². The number of hydrogen-bond donors (Lipinski definition) is 3. The van der Waals surface area contributed by atoms with Crippen molar-refractivity contribution in [3.05, 3.63) is 58.1 Å². The van der Waals surface area contributed by atoms with Crippen LogP contribution in [0.1, 0.15) is 50.4 Å². The predicted molar refractivity (Wildman–Crippen MR) is 135 cm³/mol. The minimum atomic E-state index is 0.642. The number of benzene rings is 1. The minimum Gasteiger partial charge on any atom is -0.345 e. The number of fused-ring (bicyclic) bond motifs is 1. The van der Waals surface area contributed by atoms with Gasteiger partial charge in [0.2, 0.25) is 0 Å². The molecule has 4 rings (SSSR count). The summed E-state index contributed by atoms with van der Waals surface area (Å²) < 4.78 is 3.16. The van der Waals surface area contributed by atoms with Crippen LogP contribution in [0.3, 0.4) is 0 Å². The zero-order valence-corrected chi connectivity index (χ0v) is 20.5. The van der Waals surface area contributed by atoms with Crippen molar-refractivity contribution in [3.63, 3.8) is 0 Å². The lowest BCUT2D eigenvalue weighted by molar-refractivity contribution is -0.516. The number of rotatable bonds is 6. The van der Waals surface area contributed by atoms with Gasteiger partial charge in [0.1, 0.15) is 23.4 Å². The van der Waals surface area contributed by atoms with E-state index in [-0.39, 0.29) is 0 Å². The van der Waals surface area contributed by atoms with Gasteiger partial charge in [0, 0.05) is 18.5 Å². The summed E-state index contributed by atoms with van der Waals surface area (Å²) in [4.78, 5) is 10.1. The first-order valence-corrected chi connectivity index (χ1v) is 11.9. The van der Waals surface area contributed by atoms with E-state index in [4.69, 9.17) is 12.2 Å². The summed E-state index contributed by atoms with van der Waals surface area (Å²) in [5.74, 6) is 0. The molecule has 3 N–H and O–H groups in total. The molecule has 0 fully saturated rings. The number of hydrogen-bond acceptors (Lipinski definition) is 3. The van der Waals surface area contributed by atoms with Crippen LogP contribution in [0.4, 0.5) is 0 Å². The number of H-pyrrole nitrogens is 2. The molecule has 31 heavy (non-hydrogen) atoms. The number of nitrogens with zero attached hydrogens (tertiary/aromatic N) is 2. The largest absolute Gasteiger partial charge is 0.345 e. The predicted octanol–water partition coefficient (Wildman–Crippen LogP) is 5.35. The van der Waals surface area contributed by atoms with E-state index in [2.05, 4.69) is 63.0 Å². The van der Waals surface area contributed by atoms with Crippen LogP contribution >= 0.6 is 12.2 Å². The smallest absolute Gasteiger partial charge is 0.166 e. The van der Waals surface area contributed by atoms with Gasteiger partial charge in [-0.15, -0.1) is 0 Å². The molecule has 0 unspecified atom stereocenters. The molecule has 0 spiro atoms. The van der Waals surface area contributed by atoms with Gasteiger partial charge < -0.3 is 15.3 Å². The Kier molecular flexibility index (Phi) is 10.6. The van der Waals surface area contributed by atoms with E-state index in [1.54, 1.807) is 12.0 Å². The number of nitrogens with one attached hydrogen (secondary N) is 3. The molecule has 5 nitrogen and oxygen atoms in total. The molecule has 0 atom stereocenters. The van der Waals surface area contributed by atoms with E-state index < -0.39 is 0 Å². The highest BCUT2D eigenvalue weighted by molar-refractivity contribution is 7.71. The Balaban J connectivity index is 0.000000224. The molecular formula is C25H38N5S+. The summed E-state index contributed by atoms with van der Waals surface area (Å²) >= 11 is 5.02. The molecule has 3 heterocycles. The lowest BCUT2D eigenvalue weighted by Crippen LogP contribution is -2.29. The van der Waals surface area contributed by atoms with Crippen molar-refractivity contribution in [2.75, 3.05) is 26.2 Å². The van der Waals surface area contributed by atoms with Crippen LogP contribution in [0, 0.1) is 18.5 Å². The summed E-state index contributed by atoms with van der Waals surface area (Å²) in [7, 11) is 0. The van der Waals surface area contributed by atoms with Crippen molar-refractivity contribution < 1.29 is 4.58 Å². The number of aromatic amines is 2. The fraction of sp³-hybridized carbons (Fsp3) is 0.480. The lowest BCUT2D eigenvalue weighted by atomic mass is 10.1. The second-order valence-electron chi connectivity index (χ2n) is 7.55. The number of aromatic nitrogens is 3. The van der Waals surface area contributed by atoms with Crippen LogP contribution in [0.5, 0.6) is 0 Å². The van der Waals surface area contributed by atoms with E-state index in [0.29, 0.717) is 4.64 Å². The molecule has 0 bridgehead atoms. The Labute approximate surface area is 192 Å². The molecule has 0 saturated carbocycles. The van der Waals surface area contributed by atoms with E-state index in [1.807, 2.05) is 26.8 Å².